The average Bonchev–Trinajstić information content (AvgIpc) is 2.02. The summed E-state index contributed by atoms with van der Waals surface area (Å²) in [5, 5.41) is 14.0. The van der Waals surface area contributed by atoms with Crippen LogP contribution in [-0.4, -0.2) is 35.6 Å². The van der Waals surface area contributed by atoms with Crippen LogP contribution in [0.3, 0.4) is 0 Å². The molecule has 0 bridgehead atoms. The van der Waals surface area contributed by atoms with Crippen molar-refractivity contribution in [1.82, 2.24) is 10.6 Å². The fraction of sp³-hybridized carbons (Fsp3) is 0.778. The third-order valence-corrected chi connectivity index (χ3v) is 1.65. The van der Waals surface area contributed by atoms with Gasteiger partial charge >= 0.3 is 5.97 Å². The summed E-state index contributed by atoms with van der Waals surface area (Å²) in [5.74, 6) is -1.26. The lowest BCUT2D eigenvalue weighted by Crippen LogP contribution is -2.39. The molecule has 0 heterocycles. The number of carboxylic acid groups (broad SMARTS) is 1. The Morgan fingerprint density at radius 1 is 1.29 bits per heavy atom. The first-order chi connectivity index (χ1) is 6.43. The van der Waals surface area contributed by atoms with Crippen molar-refractivity contribution in [2.75, 3.05) is 6.54 Å². The molecule has 1 atom stereocenters. The fourth-order valence-corrected chi connectivity index (χ4v) is 0.850. The maximum absolute atomic E-state index is 11.1. The zero-order chi connectivity index (χ0) is 11.1. The van der Waals surface area contributed by atoms with Gasteiger partial charge in [0.1, 0.15) is 6.04 Å². The van der Waals surface area contributed by atoms with Gasteiger partial charge in [0.2, 0.25) is 5.91 Å². The van der Waals surface area contributed by atoms with Gasteiger partial charge in [0, 0.05) is 19.0 Å². The van der Waals surface area contributed by atoms with E-state index >= 15 is 0 Å². The number of amides is 1. The van der Waals surface area contributed by atoms with Crippen LogP contribution in [0, 0.1) is 0 Å². The van der Waals surface area contributed by atoms with E-state index in [9.17, 15) is 9.59 Å². The van der Waals surface area contributed by atoms with E-state index in [1.807, 2.05) is 13.8 Å². The normalized spacial score (nSPS) is 12.6. The molecule has 82 valence electrons. The van der Waals surface area contributed by atoms with Crippen LogP contribution in [0.5, 0.6) is 0 Å². The second-order valence-electron chi connectivity index (χ2n) is 3.49. The molecule has 0 rings (SSSR count). The lowest BCUT2D eigenvalue weighted by molar-refractivity contribution is -0.141. The molecule has 0 aliphatic rings. The summed E-state index contributed by atoms with van der Waals surface area (Å²) >= 11 is 0. The van der Waals surface area contributed by atoms with Crippen molar-refractivity contribution >= 4 is 11.9 Å². The number of aliphatic carboxylic acids is 1. The highest BCUT2D eigenvalue weighted by molar-refractivity contribution is 5.83. The van der Waals surface area contributed by atoms with E-state index in [0.29, 0.717) is 19.0 Å². The molecule has 1 amide bonds. The van der Waals surface area contributed by atoms with Crippen LogP contribution in [0.2, 0.25) is 0 Å². The van der Waals surface area contributed by atoms with Gasteiger partial charge in [0.25, 0.3) is 0 Å². The minimum atomic E-state index is -1.02. The predicted octanol–water partition coefficient (Wildman–Crippen LogP) is -0.0362. The van der Waals surface area contributed by atoms with E-state index in [1.54, 1.807) is 0 Å². The molecule has 0 aromatic rings. The maximum Gasteiger partial charge on any atom is 0.325 e. The SMILES string of the molecule is CC(C)NCCC(=O)N[C@H](C)C(=O)O. The highest BCUT2D eigenvalue weighted by atomic mass is 16.4. The Balaban J connectivity index is 3.60. The summed E-state index contributed by atoms with van der Waals surface area (Å²) in [6, 6.07) is -0.485. The summed E-state index contributed by atoms with van der Waals surface area (Å²) in [6.45, 7) is 5.97. The molecule has 0 aromatic carbocycles. The lowest BCUT2D eigenvalue weighted by Gasteiger charge is -2.10. The Labute approximate surface area is 83.9 Å². The summed E-state index contributed by atoms with van der Waals surface area (Å²) in [5.41, 5.74) is 0. The predicted molar refractivity (Wildman–Crippen MR) is 53.0 cm³/mol. The van der Waals surface area contributed by atoms with Crippen LogP contribution >= 0.6 is 0 Å². The second-order valence-corrected chi connectivity index (χ2v) is 3.49. The standard InChI is InChI=1S/C9H18N2O3/c1-6(2)10-5-4-8(12)11-7(3)9(13)14/h6-7,10H,4-5H2,1-3H3,(H,11,12)(H,13,14)/t7-/m1/s1. The van der Waals surface area contributed by atoms with Crippen molar-refractivity contribution in [3.8, 4) is 0 Å². The van der Waals surface area contributed by atoms with Crippen LogP contribution in [0.15, 0.2) is 0 Å². The molecule has 0 saturated heterocycles. The summed E-state index contributed by atoms with van der Waals surface area (Å²) < 4.78 is 0. The van der Waals surface area contributed by atoms with Gasteiger partial charge in [0.15, 0.2) is 0 Å². The highest BCUT2D eigenvalue weighted by Gasteiger charge is 2.13. The number of nitrogens with one attached hydrogen (secondary N) is 2. The molecule has 3 N–H and O–H groups in total. The Morgan fingerprint density at radius 2 is 1.86 bits per heavy atom. The number of carboxylic acids is 1. The largest absolute Gasteiger partial charge is 0.480 e. The van der Waals surface area contributed by atoms with Gasteiger partial charge in [-0.25, -0.2) is 0 Å². The first kappa shape index (κ1) is 12.9. The van der Waals surface area contributed by atoms with Gasteiger partial charge in [-0.1, -0.05) is 13.8 Å². The van der Waals surface area contributed by atoms with Gasteiger partial charge in [-0.15, -0.1) is 0 Å². The topological polar surface area (TPSA) is 78.4 Å². The second kappa shape index (κ2) is 6.37. The van der Waals surface area contributed by atoms with Gasteiger partial charge in [-0.05, 0) is 6.92 Å². The molecular weight excluding hydrogens is 184 g/mol. The van der Waals surface area contributed by atoms with E-state index in [4.69, 9.17) is 5.11 Å². The molecule has 0 aromatic heterocycles. The zero-order valence-corrected chi connectivity index (χ0v) is 8.83. The molecule has 14 heavy (non-hydrogen) atoms. The Hall–Kier alpha value is -1.10. The summed E-state index contributed by atoms with van der Waals surface area (Å²) in [6.07, 6.45) is 0.301. The molecule has 0 spiro atoms. The molecule has 0 aliphatic heterocycles. The Morgan fingerprint density at radius 3 is 2.29 bits per heavy atom. The summed E-state index contributed by atoms with van der Waals surface area (Å²) in [4.78, 5) is 21.5. The molecule has 5 heteroatoms. The smallest absolute Gasteiger partial charge is 0.325 e. The van der Waals surface area contributed by atoms with E-state index in [2.05, 4.69) is 10.6 Å². The number of hydrogen-bond donors (Lipinski definition) is 3. The number of carbonyl (C=O) groups is 2. The summed E-state index contributed by atoms with van der Waals surface area (Å²) in [7, 11) is 0. The monoisotopic (exact) mass is 202 g/mol. The molecule has 0 radical (unpaired) electrons. The van der Waals surface area contributed by atoms with Gasteiger partial charge in [-0.2, -0.15) is 0 Å². The first-order valence-corrected chi connectivity index (χ1v) is 4.69. The number of rotatable bonds is 6. The number of carbonyl (C=O) groups excluding carboxylic acids is 1. The van der Waals surface area contributed by atoms with E-state index in [-0.39, 0.29) is 5.91 Å². The zero-order valence-electron chi connectivity index (χ0n) is 8.83. The molecular formula is C9H18N2O3. The first-order valence-electron chi connectivity index (χ1n) is 4.69. The minimum Gasteiger partial charge on any atom is -0.480 e. The third kappa shape index (κ3) is 6.42. The highest BCUT2D eigenvalue weighted by Crippen LogP contribution is 1.85. The fourth-order valence-electron chi connectivity index (χ4n) is 0.850. The van der Waals surface area contributed by atoms with Gasteiger partial charge in [-0.3, -0.25) is 9.59 Å². The molecule has 0 saturated carbocycles. The van der Waals surface area contributed by atoms with Gasteiger partial charge < -0.3 is 15.7 Å². The van der Waals surface area contributed by atoms with Crippen molar-refractivity contribution < 1.29 is 14.7 Å². The van der Waals surface area contributed by atoms with Crippen LogP contribution in [0.1, 0.15) is 27.2 Å². The number of hydrogen-bond acceptors (Lipinski definition) is 3. The van der Waals surface area contributed by atoms with Crippen molar-refractivity contribution in [2.24, 2.45) is 0 Å². The molecule has 0 unspecified atom stereocenters. The molecule has 0 aliphatic carbocycles. The van der Waals surface area contributed by atoms with Gasteiger partial charge in [0.05, 0.1) is 0 Å². The average molecular weight is 202 g/mol. The van der Waals surface area contributed by atoms with Crippen LogP contribution < -0.4 is 10.6 Å². The van der Waals surface area contributed by atoms with Crippen LogP contribution in [0.4, 0.5) is 0 Å². The molecule has 5 nitrogen and oxygen atoms in total. The Kier molecular flexibility index (Phi) is 5.87. The Bertz CT molecular complexity index is 204. The lowest BCUT2D eigenvalue weighted by atomic mass is 10.3. The van der Waals surface area contributed by atoms with Crippen molar-refractivity contribution in [3.05, 3.63) is 0 Å². The van der Waals surface area contributed by atoms with Crippen molar-refractivity contribution in [3.63, 3.8) is 0 Å². The van der Waals surface area contributed by atoms with Crippen LogP contribution in [-0.2, 0) is 9.59 Å². The molecule has 0 fully saturated rings. The van der Waals surface area contributed by atoms with E-state index < -0.39 is 12.0 Å². The third-order valence-electron chi connectivity index (χ3n) is 1.65. The minimum absolute atomic E-state index is 0.243. The van der Waals surface area contributed by atoms with Crippen molar-refractivity contribution in [1.29, 1.82) is 0 Å². The maximum atomic E-state index is 11.1. The van der Waals surface area contributed by atoms with E-state index in [1.165, 1.54) is 6.92 Å². The van der Waals surface area contributed by atoms with Crippen LogP contribution in [0.25, 0.3) is 0 Å². The quantitative estimate of drug-likeness (QED) is 0.565. The van der Waals surface area contributed by atoms with E-state index in [0.717, 1.165) is 0 Å². The van der Waals surface area contributed by atoms with Crippen molar-refractivity contribution in [2.45, 2.75) is 39.3 Å².